The zero-order chi connectivity index (χ0) is 13.0. The molecule has 2 heterocycles. The first-order valence-corrected chi connectivity index (χ1v) is 6.43. The van der Waals surface area contributed by atoms with Crippen LogP contribution < -0.4 is 0 Å². The number of rotatable bonds is 5. The summed E-state index contributed by atoms with van der Waals surface area (Å²) in [6.07, 6.45) is 0. The third-order valence-corrected chi connectivity index (χ3v) is 3.36. The van der Waals surface area contributed by atoms with Crippen LogP contribution in [-0.4, -0.2) is 65.9 Å². The molecule has 1 aliphatic rings. The molecule has 1 atom stereocenters. The van der Waals surface area contributed by atoms with Gasteiger partial charge in [-0.3, -0.25) is 9.80 Å². The smallest absolute Gasteiger partial charge is 0.230 e. The van der Waals surface area contributed by atoms with Crippen molar-refractivity contribution in [1.82, 2.24) is 20.0 Å². The molecule has 0 aromatic carbocycles. The number of ether oxygens (including phenoxy) is 1. The Morgan fingerprint density at radius 1 is 1.39 bits per heavy atom. The van der Waals surface area contributed by atoms with Crippen LogP contribution in [-0.2, 0) is 11.3 Å². The second kappa shape index (κ2) is 6.26. The van der Waals surface area contributed by atoms with Crippen LogP contribution in [0.4, 0.5) is 0 Å². The minimum absolute atomic E-state index is 0.540. The molecular formula is C12H22N4O2. The van der Waals surface area contributed by atoms with Crippen molar-refractivity contribution in [2.45, 2.75) is 26.4 Å². The van der Waals surface area contributed by atoms with E-state index in [9.17, 15) is 0 Å². The van der Waals surface area contributed by atoms with E-state index in [4.69, 9.17) is 9.15 Å². The second-order valence-corrected chi connectivity index (χ2v) is 4.83. The Balaban J connectivity index is 1.80. The summed E-state index contributed by atoms with van der Waals surface area (Å²) in [7, 11) is 1.75. The lowest BCUT2D eigenvalue weighted by Crippen LogP contribution is -2.52. The molecule has 2 rings (SSSR count). The predicted octanol–water partition coefficient (Wildman–Crippen LogP) is 0.531. The molecule has 6 nitrogen and oxygen atoms in total. The van der Waals surface area contributed by atoms with Crippen LogP contribution in [0.2, 0.25) is 0 Å². The standard InChI is InChI=1S/C12H22N4O2/c1-10-8-15(4-5-16(10)6-7-17-3)9-12-14-13-11(2)18-12/h10H,4-9H2,1-3H3/t10-/m1/s1. The molecule has 1 aliphatic heterocycles. The lowest BCUT2D eigenvalue weighted by atomic mass is 10.2. The molecule has 18 heavy (non-hydrogen) atoms. The molecule has 0 spiro atoms. The van der Waals surface area contributed by atoms with E-state index in [0.717, 1.165) is 39.3 Å². The highest BCUT2D eigenvalue weighted by molar-refractivity contribution is 4.84. The van der Waals surface area contributed by atoms with Gasteiger partial charge in [0, 0.05) is 46.3 Å². The molecule has 6 heteroatoms. The minimum Gasteiger partial charge on any atom is -0.424 e. The maximum absolute atomic E-state index is 5.42. The summed E-state index contributed by atoms with van der Waals surface area (Å²) in [5.74, 6) is 1.35. The summed E-state index contributed by atoms with van der Waals surface area (Å²) in [6, 6.07) is 0.540. The molecule has 0 radical (unpaired) electrons. The lowest BCUT2D eigenvalue weighted by Gasteiger charge is -2.39. The van der Waals surface area contributed by atoms with Gasteiger partial charge in [0.1, 0.15) is 0 Å². The maximum atomic E-state index is 5.42. The van der Waals surface area contributed by atoms with E-state index in [0.29, 0.717) is 17.8 Å². The van der Waals surface area contributed by atoms with E-state index in [-0.39, 0.29) is 0 Å². The molecule has 0 saturated carbocycles. The first-order chi connectivity index (χ1) is 8.69. The van der Waals surface area contributed by atoms with Crippen LogP contribution >= 0.6 is 0 Å². The number of piperazine rings is 1. The Labute approximate surface area is 108 Å². The summed E-state index contributed by atoms with van der Waals surface area (Å²) < 4.78 is 10.5. The molecule has 1 saturated heterocycles. The van der Waals surface area contributed by atoms with Gasteiger partial charge in [0.15, 0.2) is 0 Å². The fourth-order valence-electron chi connectivity index (χ4n) is 2.35. The van der Waals surface area contributed by atoms with E-state index in [1.807, 2.05) is 6.92 Å². The van der Waals surface area contributed by atoms with Crippen LogP contribution in [0.3, 0.4) is 0 Å². The van der Waals surface area contributed by atoms with Gasteiger partial charge < -0.3 is 9.15 Å². The van der Waals surface area contributed by atoms with Gasteiger partial charge in [-0.25, -0.2) is 0 Å². The predicted molar refractivity (Wildman–Crippen MR) is 67.2 cm³/mol. The quantitative estimate of drug-likeness (QED) is 0.764. The zero-order valence-electron chi connectivity index (χ0n) is 11.4. The monoisotopic (exact) mass is 254 g/mol. The number of hydrogen-bond acceptors (Lipinski definition) is 6. The fraction of sp³-hybridized carbons (Fsp3) is 0.833. The largest absolute Gasteiger partial charge is 0.424 e. The van der Waals surface area contributed by atoms with Crippen molar-refractivity contribution in [3.05, 3.63) is 11.8 Å². The molecule has 0 aliphatic carbocycles. The van der Waals surface area contributed by atoms with Crippen LogP contribution in [0.15, 0.2) is 4.42 Å². The Morgan fingerprint density at radius 3 is 2.83 bits per heavy atom. The lowest BCUT2D eigenvalue weighted by molar-refractivity contribution is 0.0520. The maximum Gasteiger partial charge on any atom is 0.230 e. The van der Waals surface area contributed by atoms with Gasteiger partial charge in [0.2, 0.25) is 11.8 Å². The van der Waals surface area contributed by atoms with Crippen LogP contribution in [0.1, 0.15) is 18.7 Å². The Kier molecular flexibility index (Phi) is 4.68. The Morgan fingerprint density at radius 2 is 2.22 bits per heavy atom. The van der Waals surface area contributed by atoms with Crippen molar-refractivity contribution in [1.29, 1.82) is 0 Å². The van der Waals surface area contributed by atoms with Gasteiger partial charge in [-0.2, -0.15) is 0 Å². The number of aryl methyl sites for hydroxylation is 1. The number of hydrogen-bond donors (Lipinski definition) is 0. The van der Waals surface area contributed by atoms with E-state index in [1.54, 1.807) is 7.11 Å². The van der Waals surface area contributed by atoms with Gasteiger partial charge in [-0.15, -0.1) is 10.2 Å². The SMILES string of the molecule is COCCN1CCN(Cc2nnc(C)o2)C[C@H]1C. The Hall–Kier alpha value is -0.980. The number of aromatic nitrogens is 2. The third-order valence-electron chi connectivity index (χ3n) is 3.36. The summed E-state index contributed by atoms with van der Waals surface area (Å²) in [5, 5.41) is 7.90. The number of methoxy groups -OCH3 is 1. The van der Waals surface area contributed by atoms with E-state index >= 15 is 0 Å². The third kappa shape index (κ3) is 3.51. The van der Waals surface area contributed by atoms with E-state index in [2.05, 4.69) is 26.9 Å². The van der Waals surface area contributed by atoms with Gasteiger partial charge in [0.25, 0.3) is 0 Å². The van der Waals surface area contributed by atoms with E-state index in [1.165, 1.54) is 0 Å². The topological polar surface area (TPSA) is 54.6 Å². The van der Waals surface area contributed by atoms with Crippen molar-refractivity contribution in [2.24, 2.45) is 0 Å². The van der Waals surface area contributed by atoms with Crippen LogP contribution in [0, 0.1) is 6.92 Å². The molecule has 0 unspecified atom stereocenters. The molecule has 0 N–H and O–H groups in total. The average molecular weight is 254 g/mol. The molecule has 1 aromatic heterocycles. The van der Waals surface area contributed by atoms with Crippen molar-refractivity contribution < 1.29 is 9.15 Å². The number of nitrogens with zero attached hydrogens (tertiary/aromatic N) is 4. The average Bonchev–Trinajstić information content (AvgIpc) is 2.74. The minimum atomic E-state index is 0.540. The summed E-state index contributed by atoms with van der Waals surface area (Å²) >= 11 is 0. The normalized spacial score (nSPS) is 22.5. The molecular weight excluding hydrogens is 232 g/mol. The van der Waals surface area contributed by atoms with Crippen LogP contribution in [0.5, 0.6) is 0 Å². The van der Waals surface area contributed by atoms with Gasteiger partial charge in [-0.1, -0.05) is 0 Å². The summed E-state index contributed by atoms with van der Waals surface area (Å²) in [6.45, 7) is 9.77. The zero-order valence-corrected chi connectivity index (χ0v) is 11.4. The van der Waals surface area contributed by atoms with Crippen molar-refractivity contribution >= 4 is 0 Å². The van der Waals surface area contributed by atoms with Gasteiger partial charge in [-0.05, 0) is 6.92 Å². The van der Waals surface area contributed by atoms with Crippen molar-refractivity contribution in [3.63, 3.8) is 0 Å². The first-order valence-electron chi connectivity index (χ1n) is 6.43. The highest BCUT2D eigenvalue weighted by atomic mass is 16.5. The summed E-state index contributed by atoms with van der Waals surface area (Å²) in [4.78, 5) is 4.82. The van der Waals surface area contributed by atoms with Crippen LogP contribution in [0.25, 0.3) is 0 Å². The van der Waals surface area contributed by atoms with Gasteiger partial charge in [0.05, 0.1) is 13.2 Å². The highest BCUT2D eigenvalue weighted by Crippen LogP contribution is 2.12. The van der Waals surface area contributed by atoms with Crippen molar-refractivity contribution in [3.8, 4) is 0 Å². The highest BCUT2D eigenvalue weighted by Gasteiger charge is 2.24. The molecule has 1 aromatic rings. The van der Waals surface area contributed by atoms with Crippen molar-refractivity contribution in [2.75, 3.05) is 39.9 Å². The molecule has 1 fully saturated rings. The fourth-order valence-corrected chi connectivity index (χ4v) is 2.35. The van der Waals surface area contributed by atoms with E-state index < -0.39 is 0 Å². The second-order valence-electron chi connectivity index (χ2n) is 4.83. The summed E-state index contributed by atoms with van der Waals surface area (Å²) in [5.41, 5.74) is 0. The first kappa shape index (κ1) is 13.5. The molecule has 0 amide bonds. The molecule has 102 valence electrons. The van der Waals surface area contributed by atoms with Gasteiger partial charge >= 0.3 is 0 Å². The molecule has 0 bridgehead atoms. The Bertz CT molecular complexity index is 369.